The standard InChI is InChI=1S/C26H22N6O4/c33-22-10-9-20(24(34)30-22)32-25(35)16-8-7-15(12-17(16)26(32)36)4-3-11-28-23-21-13-27-14-31(21)19-6-2-1-5-18(19)29-23/h1-2,5-8,12-14,20H,3-4,9-11H2,(H,28,29)(H,30,33,34). The van der Waals surface area contributed by atoms with Crippen molar-refractivity contribution in [3.63, 3.8) is 0 Å². The third-order valence-electron chi connectivity index (χ3n) is 6.69. The zero-order valence-electron chi connectivity index (χ0n) is 19.2. The molecule has 2 aromatic carbocycles. The summed E-state index contributed by atoms with van der Waals surface area (Å²) < 4.78 is 2.00. The molecule has 0 saturated carbocycles. The second-order valence-electron chi connectivity index (χ2n) is 8.96. The summed E-state index contributed by atoms with van der Waals surface area (Å²) >= 11 is 0. The predicted octanol–water partition coefficient (Wildman–Crippen LogP) is 2.33. The zero-order valence-corrected chi connectivity index (χ0v) is 19.2. The summed E-state index contributed by atoms with van der Waals surface area (Å²) in [5.74, 6) is -1.24. The number of carbonyl (C=O) groups excluding carboxylic acids is 4. The van der Waals surface area contributed by atoms with Crippen LogP contribution < -0.4 is 10.6 Å². The lowest BCUT2D eigenvalue weighted by Crippen LogP contribution is -2.54. The van der Waals surface area contributed by atoms with Gasteiger partial charge in [0.2, 0.25) is 11.8 Å². The van der Waals surface area contributed by atoms with Crippen molar-refractivity contribution in [3.05, 3.63) is 71.7 Å². The first-order chi connectivity index (χ1) is 17.5. The topological polar surface area (TPSA) is 126 Å². The van der Waals surface area contributed by atoms with E-state index in [1.165, 1.54) is 0 Å². The second kappa shape index (κ2) is 8.56. The maximum absolute atomic E-state index is 13.0. The molecule has 4 heterocycles. The number of aryl methyl sites for hydroxylation is 1. The monoisotopic (exact) mass is 482 g/mol. The molecule has 4 amide bonds. The van der Waals surface area contributed by atoms with E-state index in [4.69, 9.17) is 4.98 Å². The van der Waals surface area contributed by atoms with Crippen molar-refractivity contribution < 1.29 is 19.2 Å². The minimum Gasteiger partial charge on any atom is -0.368 e. The quantitative estimate of drug-likeness (QED) is 0.319. The third kappa shape index (κ3) is 3.58. The number of aromatic nitrogens is 3. The van der Waals surface area contributed by atoms with Crippen molar-refractivity contribution in [3.8, 4) is 0 Å². The van der Waals surface area contributed by atoms with Crippen molar-refractivity contribution in [2.75, 3.05) is 11.9 Å². The van der Waals surface area contributed by atoms with Gasteiger partial charge in [-0.15, -0.1) is 0 Å². The number of fused-ring (bicyclic) bond motifs is 4. The van der Waals surface area contributed by atoms with Crippen molar-refractivity contribution in [1.82, 2.24) is 24.6 Å². The number of benzene rings is 2. The van der Waals surface area contributed by atoms with Crippen molar-refractivity contribution in [2.24, 2.45) is 0 Å². The van der Waals surface area contributed by atoms with Gasteiger partial charge in [0.05, 0.1) is 34.7 Å². The minimum absolute atomic E-state index is 0.0970. The van der Waals surface area contributed by atoms with Crippen LogP contribution in [0.4, 0.5) is 5.82 Å². The fraction of sp³-hybridized carbons (Fsp3) is 0.231. The maximum atomic E-state index is 13.0. The lowest BCUT2D eigenvalue weighted by atomic mass is 10.0. The Bertz CT molecular complexity index is 1580. The fourth-order valence-corrected chi connectivity index (χ4v) is 4.91. The Kier molecular flexibility index (Phi) is 5.21. The van der Waals surface area contributed by atoms with E-state index in [1.807, 2.05) is 34.7 Å². The highest BCUT2D eigenvalue weighted by atomic mass is 16.2. The molecule has 0 aliphatic carbocycles. The molecule has 2 N–H and O–H groups in total. The predicted molar refractivity (Wildman–Crippen MR) is 130 cm³/mol. The fourth-order valence-electron chi connectivity index (χ4n) is 4.91. The number of para-hydroxylation sites is 2. The number of piperidine rings is 1. The summed E-state index contributed by atoms with van der Waals surface area (Å²) in [7, 11) is 0. The Hall–Kier alpha value is -4.60. The number of anilines is 1. The molecule has 2 aromatic heterocycles. The molecule has 10 heteroatoms. The van der Waals surface area contributed by atoms with Gasteiger partial charge in [-0.2, -0.15) is 0 Å². The van der Waals surface area contributed by atoms with Crippen LogP contribution in [0.2, 0.25) is 0 Å². The van der Waals surface area contributed by atoms with Crippen LogP contribution in [-0.2, 0) is 16.0 Å². The van der Waals surface area contributed by atoms with Gasteiger partial charge in [0.1, 0.15) is 11.6 Å². The number of amides is 4. The summed E-state index contributed by atoms with van der Waals surface area (Å²) in [5, 5.41) is 5.60. The first kappa shape index (κ1) is 21.9. The molecule has 1 atom stereocenters. The maximum Gasteiger partial charge on any atom is 0.262 e. The highest BCUT2D eigenvalue weighted by Gasteiger charge is 2.44. The van der Waals surface area contributed by atoms with Gasteiger partial charge in [0.25, 0.3) is 11.8 Å². The molecule has 2 aliphatic heterocycles. The molecule has 4 aromatic rings. The number of hydrogen-bond donors (Lipinski definition) is 2. The highest BCUT2D eigenvalue weighted by Crippen LogP contribution is 2.29. The normalized spacial score (nSPS) is 17.7. The lowest BCUT2D eigenvalue weighted by Gasteiger charge is -2.27. The van der Waals surface area contributed by atoms with E-state index in [-0.39, 0.29) is 18.4 Å². The number of imidazole rings is 1. The number of nitrogens with zero attached hydrogens (tertiary/aromatic N) is 4. The van der Waals surface area contributed by atoms with E-state index < -0.39 is 29.7 Å². The Morgan fingerprint density at radius 3 is 2.69 bits per heavy atom. The van der Waals surface area contributed by atoms with E-state index in [9.17, 15) is 19.2 Å². The Morgan fingerprint density at radius 1 is 1.00 bits per heavy atom. The van der Waals surface area contributed by atoms with Crippen LogP contribution in [0.25, 0.3) is 16.6 Å². The molecule has 180 valence electrons. The second-order valence-corrected chi connectivity index (χ2v) is 8.96. The van der Waals surface area contributed by atoms with Gasteiger partial charge in [-0.3, -0.25) is 33.8 Å². The molecular weight excluding hydrogens is 460 g/mol. The average Bonchev–Trinajstić information content (AvgIpc) is 3.46. The summed E-state index contributed by atoms with van der Waals surface area (Å²) in [6.45, 7) is 0.651. The molecular formula is C26H22N6O4. The summed E-state index contributed by atoms with van der Waals surface area (Å²) in [4.78, 5) is 59.5. The number of carbonyl (C=O) groups is 4. The molecule has 36 heavy (non-hydrogen) atoms. The molecule has 0 bridgehead atoms. The van der Waals surface area contributed by atoms with Crippen LogP contribution in [0.1, 0.15) is 45.5 Å². The summed E-state index contributed by atoms with van der Waals surface area (Å²) in [5.41, 5.74) is 4.25. The van der Waals surface area contributed by atoms with Gasteiger partial charge in [0, 0.05) is 13.0 Å². The molecule has 1 fully saturated rings. The van der Waals surface area contributed by atoms with E-state index in [2.05, 4.69) is 15.6 Å². The largest absolute Gasteiger partial charge is 0.368 e. The molecule has 1 saturated heterocycles. The molecule has 10 nitrogen and oxygen atoms in total. The van der Waals surface area contributed by atoms with E-state index in [1.54, 1.807) is 24.7 Å². The first-order valence-corrected chi connectivity index (χ1v) is 11.8. The Labute approximate surface area is 205 Å². The van der Waals surface area contributed by atoms with Gasteiger partial charge in [-0.1, -0.05) is 18.2 Å². The Morgan fingerprint density at radius 2 is 1.83 bits per heavy atom. The van der Waals surface area contributed by atoms with Crippen LogP contribution in [0.3, 0.4) is 0 Å². The number of rotatable bonds is 6. The Balaban J connectivity index is 1.14. The van der Waals surface area contributed by atoms with Gasteiger partial charge in [0.15, 0.2) is 5.82 Å². The van der Waals surface area contributed by atoms with E-state index in [0.29, 0.717) is 18.5 Å². The van der Waals surface area contributed by atoms with E-state index in [0.717, 1.165) is 39.3 Å². The van der Waals surface area contributed by atoms with Crippen LogP contribution in [0.5, 0.6) is 0 Å². The average molecular weight is 483 g/mol. The lowest BCUT2D eigenvalue weighted by molar-refractivity contribution is -0.136. The smallest absolute Gasteiger partial charge is 0.262 e. The van der Waals surface area contributed by atoms with Gasteiger partial charge in [-0.25, -0.2) is 9.97 Å². The SMILES string of the molecule is O=C1CCC(N2C(=O)c3ccc(CCCNc4nc5ccccc5n5cncc45)cc3C2=O)C(=O)N1. The zero-order chi connectivity index (χ0) is 24.8. The van der Waals surface area contributed by atoms with Gasteiger partial charge < -0.3 is 5.32 Å². The highest BCUT2D eigenvalue weighted by molar-refractivity contribution is 6.23. The molecule has 0 radical (unpaired) electrons. The number of imide groups is 2. The van der Waals surface area contributed by atoms with Crippen molar-refractivity contribution in [2.45, 2.75) is 31.7 Å². The first-order valence-electron chi connectivity index (χ1n) is 11.8. The molecule has 6 rings (SSSR count). The van der Waals surface area contributed by atoms with Gasteiger partial charge in [-0.05, 0) is 49.1 Å². The molecule has 0 spiro atoms. The van der Waals surface area contributed by atoms with E-state index >= 15 is 0 Å². The van der Waals surface area contributed by atoms with Crippen molar-refractivity contribution >= 4 is 46.0 Å². The summed E-state index contributed by atoms with van der Waals surface area (Å²) in [6, 6.07) is 12.1. The van der Waals surface area contributed by atoms with Crippen LogP contribution >= 0.6 is 0 Å². The molecule has 2 aliphatic rings. The summed E-state index contributed by atoms with van der Waals surface area (Å²) in [6.07, 6.45) is 5.24. The molecule has 1 unspecified atom stereocenters. The minimum atomic E-state index is -0.961. The number of nitrogens with one attached hydrogen (secondary N) is 2. The number of hydrogen-bond acceptors (Lipinski definition) is 7. The van der Waals surface area contributed by atoms with Crippen LogP contribution in [0, 0.1) is 0 Å². The van der Waals surface area contributed by atoms with Crippen molar-refractivity contribution in [1.29, 1.82) is 0 Å². The van der Waals surface area contributed by atoms with Gasteiger partial charge >= 0.3 is 0 Å². The van der Waals surface area contributed by atoms with Crippen LogP contribution in [-0.4, -0.2) is 55.5 Å². The van der Waals surface area contributed by atoms with Crippen LogP contribution in [0.15, 0.2) is 55.0 Å². The third-order valence-corrected chi connectivity index (χ3v) is 6.69.